The molecule has 1 aromatic heterocycles. The monoisotopic (exact) mass is 234 g/mol. The van der Waals surface area contributed by atoms with Crippen LogP contribution in [0.3, 0.4) is 0 Å². The van der Waals surface area contributed by atoms with E-state index in [4.69, 9.17) is 0 Å². The lowest BCUT2D eigenvalue weighted by molar-refractivity contribution is 0.179. The van der Waals surface area contributed by atoms with Crippen LogP contribution in [0, 0.1) is 0 Å². The van der Waals surface area contributed by atoms with Gasteiger partial charge < -0.3 is 5.32 Å². The molecule has 1 aliphatic heterocycles. The molecule has 1 atom stereocenters. The summed E-state index contributed by atoms with van der Waals surface area (Å²) in [7, 11) is 0. The molecule has 0 saturated carbocycles. The molecule has 94 valence electrons. The Morgan fingerprint density at radius 2 is 1.94 bits per heavy atom. The molecule has 1 unspecified atom stereocenters. The summed E-state index contributed by atoms with van der Waals surface area (Å²) in [6, 6.07) is 2.33. The van der Waals surface area contributed by atoms with Crippen LogP contribution in [0.2, 0.25) is 0 Å². The highest BCUT2D eigenvalue weighted by Crippen LogP contribution is 2.18. The van der Waals surface area contributed by atoms with Gasteiger partial charge in [0.05, 0.1) is 6.04 Å². The van der Waals surface area contributed by atoms with Crippen LogP contribution in [-0.2, 0) is 0 Å². The highest BCUT2D eigenvalue weighted by molar-refractivity contribution is 5.08. The van der Waals surface area contributed by atoms with Gasteiger partial charge in [0.2, 0.25) is 0 Å². The van der Waals surface area contributed by atoms with Gasteiger partial charge in [-0.25, -0.2) is 9.97 Å². The van der Waals surface area contributed by atoms with E-state index >= 15 is 0 Å². The molecule has 17 heavy (non-hydrogen) atoms. The second-order valence-corrected chi connectivity index (χ2v) is 4.96. The van der Waals surface area contributed by atoms with Crippen molar-refractivity contribution in [2.45, 2.75) is 32.7 Å². The molecule has 4 nitrogen and oxygen atoms in total. The van der Waals surface area contributed by atoms with Gasteiger partial charge in [-0.3, -0.25) is 4.90 Å². The second kappa shape index (κ2) is 5.56. The molecule has 0 aromatic carbocycles. The van der Waals surface area contributed by atoms with Gasteiger partial charge >= 0.3 is 0 Å². The Bertz CT molecular complexity index is 358. The topological polar surface area (TPSA) is 41.1 Å². The van der Waals surface area contributed by atoms with E-state index in [1.807, 2.05) is 12.3 Å². The Labute approximate surface area is 103 Å². The summed E-state index contributed by atoms with van der Waals surface area (Å²) in [5.74, 6) is 1.42. The van der Waals surface area contributed by atoms with Crippen molar-refractivity contribution >= 4 is 0 Å². The molecule has 0 aliphatic carbocycles. The zero-order valence-corrected chi connectivity index (χ0v) is 11.0. The largest absolute Gasteiger partial charge is 0.314 e. The van der Waals surface area contributed by atoms with Crippen LogP contribution in [0.1, 0.15) is 44.2 Å². The number of piperazine rings is 1. The van der Waals surface area contributed by atoms with E-state index < -0.39 is 0 Å². The van der Waals surface area contributed by atoms with Gasteiger partial charge in [0.1, 0.15) is 5.82 Å². The van der Waals surface area contributed by atoms with Crippen molar-refractivity contribution in [3.05, 3.63) is 23.8 Å². The third kappa shape index (κ3) is 3.01. The van der Waals surface area contributed by atoms with Crippen LogP contribution in [0.4, 0.5) is 0 Å². The van der Waals surface area contributed by atoms with Gasteiger partial charge in [0, 0.05) is 38.1 Å². The van der Waals surface area contributed by atoms with Crippen LogP contribution in [0.5, 0.6) is 0 Å². The Morgan fingerprint density at radius 3 is 2.59 bits per heavy atom. The fourth-order valence-electron chi connectivity index (χ4n) is 2.14. The first-order valence-electron chi connectivity index (χ1n) is 6.46. The molecule has 1 aromatic rings. The van der Waals surface area contributed by atoms with Gasteiger partial charge in [0.15, 0.2) is 0 Å². The summed E-state index contributed by atoms with van der Waals surface area (Å²) in [6.07, 6.45) is 1.89. The summed E-state index contributed by atoms with van der Waals surface area (Å²) in [5.41, 5.74) is 1.14. The highest BCUT2D eigenvalue weighted by Gasteiger charge is 2.20. The van der Waals surface area contributed by atoms with Crippen LogP contribution < -0.4 is 5.32 Å². The summed E-state index contributed by atoms with van der Waals surface area (Å²) < 4.78 is 0. The van der Waals surface area contributed by atoms with Gasteiger partial charge in [0.25, 0.3) is 0 Å². The maximum atomic E-state index is 4.67. The fourth-order valence-corrected chi connectivity index (χ4v) is 2.14. The van der Waals surface area contributed by atoms with Crippen LogP contribution in [0.15, 0.2) is 12.3 Å². The standard InChI is InChI=1S/C13H22N4/c1-10(2)12-4-5-15-13(16-12)11(3)17-8-6-14-7-9-17/h4-5,10-11,14H,6-9H2,1-3H3. The van der Waals surface area contributed by atoms with E-state index in [-0.39, 0.29) is 0 Å². The first kappa shape index (κ1) is 12.5. The smallest absolute Gasteiger partial charge is 0.145 e. The third-order valence-electron chi connectivity index (χ3n) is 3.36. The molecular formula is C13H22N4. The summed E-state index contributed by atoms with van der Waals surface area (Å²) in [4.78, 5) is 11.5. The third-order valence-corrected chi connectivity index (χ3v) is 3.36. The quantitative estimate of drug-likeness (QED) is 0.862. The molecule has 2 heterocycles. The number of aromatic nitrogens is 2. The molecule has 4 heteroatoms. The van der Waals surface area contributed by atoms with Gasteiger partial charge in [-0.1, -0.05) is 13.8 Å². The van der Waals surface area contributed by atoms with Gasteiger partial charge in [-0.2, -0.15) is 0 Å². The van der Waals surface area contributed by atoms with Gasteiger partial charge in [-0.15, -0.1) is 0 Å². The van der Waals surface area contributed by atoms with Crippen molar-refractivity contribution in [2.75, 3.05) is 26.2 Å². The number of hydrogen-bond donors (Lipinski definition) is 1. The Hall–Kier alpha value is -1.00. The van der Waals surface area contributed by atoms with Crippen molar-refractivity contribution in [1.29, 1.82) is 0 Å². The van der Waals surface area contributed by atoms with Crippen molar-refractivity contribution in [3.63, 3.8) is 0 Å². The lowest BCUT2D eigenvalue weighted by Gasteiger charge is -2.31. The zero-order chi connectivity index (χ0) is 12.3. The second-order valence-electron chi connectivity index (χ2n) is 4.96. The minimum absolute atomic E-state index is 0.316. The molecule has 0 spiro atoms. The Kier molecular flexibility index (Phi) is 4.07. The van der Waals surface area contributed by atoms with Gasteiger partial charge in [-0.05, 0) is 18.9 Å². The van der Waals surface area contributed by atoms with Crippen molar-refractivity contribution in [1.82, 2.24) is 20.2 Å². The fraction of sp³-hybridized carbons (Fsp3) is 0.692. The van der Waals surface area contributed by atoms with Crippen molar-refractivity contribution in [3.8, 4) is 0 Å². The first-order chi connectivity index (χ1) is 8.18. The average Bonchev–Trinajstić information content (AvgIpc) is 2.39. The molecule has 0 radical (unpaired) electrons. The van der Waals surface area contributed by atoms with E-state index in [0.717, 1.165) is 37.7 Å². The van der Waals surface area contributed by atoms with Crippen molar-refractivity contribution in [2.24, 2.45) is 0 Å². The number of rotatable bonds is 3. The normalized spacial score (nSPS) is 19.5. The number of nitrogens with zero attached hydrogens (tertiary/aromatic N) is 3. The van der Waals surface area contributed by atoms with Crippen LogP contribution in [0.25, 0.3) is 0 Å². The molecule has 0 bridgehead atoms. The van der Waals surface area contributed by atoms with Crippen LogP contribution in [-0.4, -0.2) is 41.0 Å². The Balaban J connectivity index is 2.12. The lowest BCUT2D eigenvalue weighted by Crippen LogP contribution is -2.44. The maximum Gasteiger partial charge on any atom is 0.145 e. The molecule has 2 rings (SSSR count). The molecule has 1 fully saturated rings. The van der Waals surface area contributed by atoms with E-state index in [2.05, 4.69) is 41.0 Å². The molecule has 1 N–H and O–H groups in total. The average molecular weight is 234 g/mol. The van der Waals surface area contributed by atoms with Crippen molar-refractivity contribution < 1.29 is 0 Å². The van der Waals surface area contributed by atoms with Crippen LogP contribution >= 0.6 is 0 Å². The Morgan fingerprint density at radius 1 is 1.24 bits per heavy atom. The zero-order valence-electron chi connectivity index (χ0n) is 11.0. The van der Waals surface area contributed by atoms with E-state index in [1.54, 1.807) is 0 Å². The van der Waals surface area contributed by atoms with E-state index in [9.17, 15) is 0 Å². The first-order valence-corrected chi connectivity index (χ1v) is 6.46. The van der Waals surface area contributed by atoms with E-state index in [0.29, 0.717) is 12.0 Å². The predicted molar refractivity (Wildman–Crippen MR) is 69.0 cm³/mol. The summed E-state index contributed by atoms with van der Waals surface area (Å²) in [5, 5.41) is 3.37. The minimum Gasteiger partial charge on any atom is -0.314 e. The summed E-state index contributed by atoms with van der Waals surface area (Å²) >= 11 is 0. The minimum atomic E-state index is 0.316. The maximum absolute atomic E-state index is 4.67. The molecule has 1 aliphatic rings. The molecule has 1 saturated heterocycles. The molecule has 0 amide bonds. The summed E-state index contributed by atoms with van der Waals surface area (Å²) in [6.45, 7) is 10.8. The SMILES string of the molecule is CC(C)c1ccnc(C(C)N2CCNCC2)n1. The highest BCUT2D eigenvalue weighted by atomic mass is 15.2. The lowest BCUT2D eigenvalue weighted by atomic mass is 10.1. The number of hydrogen-bond acceptors (Lipinski definition) is 4. The molecular weight excluding hydrogens is 212 g/mol. The van der Waals surface area contributed by atoms with E-state index in [1.165, 1.54) is 0 Å². The predicted octanol–water partition coefficient (Wildman–Crippen LogP) is 1.57. The number of nitrogens with one attached hydrogen (secondary N) is 1.